The molecule has 4 heteroatoms. The third-order valence-corrected chi connectivity index (χ3v) is 4.08. The van der Waals surface area contributed by atoms with Crippen molar-refractivity contribution in [2.24, 2.45) is 4.99 Å². The Morgan fingerprint density at radius 3 is 2.79 bits per heavy atom. The summed E-state index contributed by atoms with van der Waals surface area (Å²) in [4.78, 5) is 18.1. The minimum absolute atomic E-state index is 0.446. The first-order chi connectivity index (χ1) is 9.30. The van der Waals surface area contributed by atoms with E-state index >= 15 is 0 Å². The van der Waals surface area contributed by atoms with Crippen molar-refractivity contribution >= 4 is 17.0 Å². The van der Waals surface area contributed by atoms with Crippen molar-refractivity contribution in [2.45, 2.75) is 31.2 Å². The van der Waals surface area contributed by atoms with Crippen LogP contribution in [0.3, 0.4) is 0 Å². The molecule has 0 unspecified atom stereocenters. The first-order valence-electron chi connectivity index (χ1n) is 6.54. The normalized spacial score (nSPS) is 17.3. The number of nitrogens with one attached hydrogen (secondary N) is 1. The smallest absolute Gasteiger partial charge is 0.235 e. The molecule has 2 aromatic rings. The van der Waals surface area contributed by atoms with Gasteiger partial charge in [0.15, 0.2) is 0 Å². The van der Waals surface area contributed by atoms with E-state index in [2.05, 4.69) is 9.98 Å². The lowest BCUT2D eigenvalue weighted by molar-refractivity contribution is 0.384. The van der Waals surface area contributed by atoms with Crippen molar-refractivity contribution in [3.63, 3.8) is 0 Å². The van der Waals surface area contributed by atoms with Crippen LogP contribution in [0.4, 0.5) is 0 Å². The first kappa shape index (κ1) is 12.0. The monoisotopic (exact) mass is 256 g/mol. The highest BCUT2D eigenvalue weighted by molar-refractivity contribution is 5.87. The molecule has 98 valence electrons. The highest BCUT2D eigenvalue weighted by Crippen LogP contribution is 2.47. The average molecular weight is 256 g/mol. The molecule has 1 saturated carbocycles. The standard InChI is InChI=1S/C15H16N2O2/c1-19-14-11-6-9-16-13(11)5-4-12(14)15(17-10-18)7-2-3-8-15/h4-6,9,16H,2-3,7-8H2,1H3. The number of carbonyl (C=O) groups excluding carboxylic acids is 1. The summed E-state index contributed by atoms with van der Waals surface area (Å²) in [5, 5.41) is 1.03. The number of isocyanates is 1. The van der Waals surface area contributed by atoms with Crippen LogP contribution in [-0.4, -0.2) is 18.2 Å². The van der Waals surface area contributed by atoms with Gasteiger partial charge in [0.25, 0.3) is 0 Å². The number of fused-ring (bicyclic) bond motifs is 1. The molecule has 0 radical (unpaired) electrons. The number of nitrogens with zero attached hydrogens (tertiary/aromatic N) is 1. The summed E-state index contributed by atoms with van der Waals surface area (Å²) in [6, 6.07) is 6.03. The van der Waals surface area contributed by atoms with E-state index in [1.54, 1.807) is 13.2 Å². The zero-order chi connectivity index (χ0) is 13.3. The third kappa shape index (κ3) is 1.76. The second-order valence-electron chi connectivity index (χ2n) is 5.03. The third-order valence-electron chi connectivity index (χ3n) is 4.08. The van der Waals surface area contributed by atoms with E-state index in [0.717, 1.165) is 47.9 Å². The quantitative estimate of drug-likeness (QED) is 0.676. The van der Waals surface area contributed by atoms with E-state index in [-0.39, 0.29) is 0 Å². The number of H-pyrrole nitrogens is 1. The Kier molecular flexibility index (Phi) is 2.88. The summed E-state index contributed by atoms with van der Waals surface area (Å²) in [6.07, 6.45) is 7.58. The number of aromatic nitrogens is 1. The fourth-order valence-electron chi connectivity index (χ4n) is 3.18. The molecule has 1 N–H and O–H groups in total. The number of methoxy groups -OCH3 is 1. The van der Waals surface area contributed by atoms with Crippen molar-refractivity contribution in [3.05, 3.63) is 30.0 Å². The molecule has 0 amide bonds. The van der Waals surface area contributed by atoms with Crippen LogP contribution in [0.1, 0.15) is 31.2 Å². The lowest BCUT2D eigenvalue weighted by Gasteiger charge is -2.25. The second kappa shape index (κ2) is 4.56. The maximum Gasteiger partial charge on any atom is 0.235 e. The number of rotatable bonds is 3. The first-order valence-corrected chi connectivity index (χ1v) is 6.54. The van der Waals surface area contributed by atoms with Crippen molar-refractivity contribution in [1.29, 1.82) is 0 Å². The molecule has 19 heavy (non-hydrogen) atoms. The van der Waals surface area contributed by atoms with E-state index in [0.29, 0.717) is 0 Å². The predicted molar refractivity (Wildman–Crippen MR) is 73.1 cm³/mol. The van der Waals surface area contributed by atoms with Gasteiger partial charge in [-0.15, -0.1) is 0 Å². The van der Waals surface area contributed by atoms with Gasteiger partial charge in [-0.1, -0.05) is 18.9 Å². The second-order valence-corrected chi connectivity index (χ2v) is 5.03. The van der Waals surface area contributed by atoms with Gasteiger partial charge in [-0.05, 0) is 25.0 Å². The Bertz CT molecular complexity index is 647. The average Bonchev–Trinajstić information content (AvgIpc) is 3.06. The molecular formula is C15H16N2O2. The molecule has 1 aromatic heterocycles. The van der Waals surface area contributed by atoms with E-state index in [1.165, 1.54) is 0 Å². The summed E-state index contributed by atoms with van der Waals surface area (Å²) in [6.45, 7) is 0. The summed E-state index contributed by atoms with van der Waals surface area (Å²) < 4.78 is 5.59. The Morgan fingerprint density at radius 1 is 1.32 bits per heavy atom. The van der Waals surface area contributed by atoms with Gasteiger partial charge in [0, 0.05) is 22.7 Å². The fraction of sp³-hybridized carbons (Fsp3) is 0.400. The Morgan fingerprint density at radius 2 is 2.11 bits per heavy atom. The molecule has 1 aromatic carbocycles. The lowest BCUT2D eigenvalue weighted by Crippen LogP contribution is -2.20. The maximum atomic E-state index is 10.8. The molecule has 0 atom stereocenters. The highest BCUT2D eigenvalue weighted by Gasteiger charge is 2.38. The van der Waals surface area contributed by atoms with Crippen molar-refractivity contribution < 1.29 is 9.53 Å². The minimum Gasteiger partial charge on any atom is -0.496 e. The zero-order valence-corrected chi connectivity index (χ0v) is 10.9. The molecule has 3 rings (SSSR count). The van der Waals surface area contributed by atoms with Crippen molar-refractivity contribution in [1.82, 2.24) is 4.98 Å². The minimum atomic E-state index is -0.446. The summed E-state index contributed by atoms with van der Waals surface area (Å²) >= 11 is 0. The number of hydrogen-bond donors (Lipinski definition) is 1. The number of benzene rings is 1. The number of aromatic amines is 1. The predicted octanol–water partition coefficient (Wildman–Crippen LogP) is 3.28. The van der Waals surface area contributed by atoms with Gasteiger partial charge in [0.2, 0.25) is 6.08 Å². The summed E-state index contributed by atoms with van der Waals surface area (Å²) in [7, 11) is 1.67. The van der Waals surface area contributed by atoms with E-state index in [9.17, 15) is 4.79 Å². The topological polar surface area (TPSA) is 54.4 Å². The SMILES string of the molecule is COc1c(C2(N=C=O)CCCC2)ccc2[nH]ccc12. The van der Waals surface area contributed by atoms with Gasteiger partial charge in [0.05, 0.1) is 7.11 Å². The van der Waals surface area contributed by atoms with Gasteiger partial charge in [-0.3, -0.25) is 0 Å². The molecule has 4 nitrogen and oxygen atoms in total. The Labute approximate surface area is 111 Å². The molecule has 0 bridgehead atoms. The van der Waals surface area contributed by atoms with Crippen molar-refractivity contribution in [3.8, 4) is 5.75 Å². The fourth-order valence-corrected chi connectivity index (χ4v) is 3.18. The van der Waals surface area contributed by atoms with Crippen molar-refractivity contribution in [2.75, 3.05) is 7.11 Å². The maximum absolute atomic E-state index is 10.8. The Hall–Kier alpha value is -2.06. The molecular weight excluding hydrogens is 240 g/mol. The van der Waals surface area contributed by atoms with Crippen LogP contribution in [0, 0.1) is 0 Å². The van der Waals surface area contributed by atoms with Gasteiger partial charge in [-0.2, -0.15) is 4.99 Å². The molecule has 1 aliphatic rings. The number of ether oxygens (including phenoxy) is 1. The van der Waals surface area contributed by atoms with Crippen LogP contribution in [0.25, 0.3) is 10.9 Å². The number of hydrogen-bond acceptors (Lipinski definition) is 3. The van der Waals surface area contributed by atoms with Gasteiger partial charge in [-0.25, -0.2) is 4.79 Å². The van der Waals surface area contributed by atoms with Crippen LogP contribution in [0.15, 0.2) is 29.4 Å². The Balaban J connectivity index is 2.25. The molecule has 0 aliphatic heterocycles. The molecule has 1 fully saturated rings. The van der Waals surface area contributed by atoms with Crippen LogP contribution in [0.2, 0.25) is 0 Å². The zero-order valence-electron chi connectivity index (χ0n) is 10.9. The van der Waals surface area contributed by atoms with Crippen LogP contribution in [-0.2, 0) is 10.3 Å². The number of aliphatic imine (C=N–C) groups is 1. The molecule has 1 aliphatic carbocycles. The van der Waals surface area contributed by atoms with E-state index < -0.39 is 5.54 Å². The van der Waals surface area contributed by atoms with Crippen LogP contribution >= 0.6 is 0 Å². The van der Waals surface area contributed by atoms with Gasteiger partial charge < -0.3 is 9.72 Å². The van der Waals surface area contributed by atoms with Crippen LogP contribution in [0.5, 0.6) is 5.75 Å². The van der Waals surface area contributed by atoms with Gasteiger partial charge >= 0.3 is 0 Å². The van der Waals surface area contributed by atoms with E-state index in [1.807, 2.05) is 24.4 Å². The summed E-state index contributed by atoms with van der Waals surface area (Å²) in [5.74, 6) is 0.819. The van der Waals surface area contributed by atoms with Gasteiger partial charge in [0.1, 0.15) is 11.3 Å². The highest BCUT2D eigenvalue weighted by atomic mass is 16.5. The molecule has 0 saturated heterocycles. The lowest BCUT2D eigenvalue weighted by atomic mass is 9.87. The van der Waals surface area contributed by atoms with E-state index in [4.69, 9.17) is 4.74 Å². The summed E-state index contributed by atoms with van der Waals surface area (Å²) in [5.41, 5.74) is 1.59. The largest absolute Gasteiger partial charge is 0.496 e. The van der Waals surface area contributed by atoms with Crippen LogP contribution < -0.4 is 4.74 Å². The molecule has 0 spiro atoms. The molecule has 1 heterocycles.